The zero-order valence-electron chi connectivity index (χ0n) is 15.6. The molecule has 0 unspecified atom stereocenters. The first kappa shape index (κ1) is 19.4. The second kappa shape index (κ2) is 8.10. The lowest BCUT2D eigenvalue weighted by molar-refractivity contribution is -0.115. The van der Waals surface area contributed by atoms with E-state index >= 15 is 0 Å². The number of nitrogens with one attached hydrogen (secondary N) is 1. The zero-order chi connectivity index (χ0) is 19.4. The number of amides is 1. The van der Waals surface area contributed by atoms with E-state index in [1.54, 1.807) is 12.1 Å². The van der Waals surface area contributed by atoms with Crippen LogP contribution in [0.25, 0.3) is 0 Å². The summed E-state index contributed by atoms with van der Waals surface area (Å²) < 4.78 is 32.0. The molecule has 144 valence electrons. The summed E-state index contributed by atoms with van der Waals surface area (Å²) in [7, 11) is -1.97. The molecule has 1 N–H and O–H groups in total. The van der Waals surface area contributed by atoms with Gasteiger partial charge in [-0.15, -0.1) is 0 Å². The number of benzene rings is 2. The first-order valence-corrected chi connectivity index (χ1v) is 10.5. The number of rotatable bonds is 6. The van der Waals surface area contributed by atoms with Gasteiger partial charge in [-0.25, -0.2) is 8.42 Å². The molecule has 1 heterocycles. The Balaban J connectivity index is 1.61. The molecular formula is C20H24N2O4S. The average Bonchev–Trinajstić information content (AvgIpc) is 2.66. The predicted octanol–water partition coefficient (Wildman–Crippen LogP) is 2.72. The number of carbonyl (C=O) groups excluding carboxylic acids is 1. The van der Waals surface area contributed by atoms with E-state index in [-0.39, 0.29) is 18.1 Å². The Bertz CT molecular complexity index is 941. The van der Waals surface area contributed by atoms with Gasteiger partial charge in [0, 0.05) is 19.5 Å². The number of sulfonamides is 1. The van der Waals surface area contributed by atoms with E-state index in [1.807, 2.05) is 37.3 Å². The minimum atomic E-state index is -3.50. The van der Waals surface area contributed by atoms with Gasteiger partial charge in [-0.05, 0) is 42.2 Å². The van der Waals surface area contributed by atoms with Crippen LogP contribution in [0.1, 0.15) is 23.1 Å². The van der Waals surface area contributed by atoms with Gasteiger partial charge >= 0.3 is 0 Å². The summed E-state index contributed by atoms with van der Waals surface area (Å²) in [6.07, 6.45) is 0.597. The van der Waals surface area contributed by atoms with Crippen LogP contribution in [0.2, 0.25) is 0 Å². The molecule has 0 radical (unpaired) electrons. The maximum absolute atomic E-state index is 12.7. The van der Waals surface area contributed by atoms with Crippen molar-refractivity contribution in [3.05, 3.63) is 59.2 Å². The first-order valence-electron chi connectivity index (χ1n) is 8.88. The molecule has 0 saturated heterocycles. The van der Waals surface area contributed by atoms with Crippen LogP contribution < -0.4 is 10.1 Å². The van der Waals surface area contributed by atoms with Crippen molar-refractivity contribution in [1.29, 1.82) is 0 Å². The molecule has 0 fully saturated rings. The van der Waals surface area contributed by atoms with Gasteiger partial charge in [-0.1, -0.05) is 30.3 Å². The number of hydrogen-bond donors (Lipinski definition) is 1. The van der Waals surface area contributed by atoms with E-state index in [9.17, 15) is 13.2 Å². The Morgan fingerprint density at radius 1 is 1.19 bits per heavy atom. The first-order chi connectivity index (χ1) is 12.9. The molecule has 1 aliphatic rings. The Labute approximate surface area is 160 Å². The summed E-state index contributed by atoms with van der Waals surface area (Å²) in [5.41, 5.74) is 3.74. The summed E-state index contributed by atoms with van der Waals surface area (Å²) in [6, 6.07) is 13.3. The normalized spacial score (nSPS) is 14.4. The fourth-order valence-corrected chi connectivity index (χ4v) is 4.60. The highest BCUT2D eigenvalue weighted by molar-refractivity contribution is 7.89. The minimum Gasteiger partial charge on any atom is -0.495 e. The molecule has 27 heavy (non-hydrogen) atoms. The second-order valence-electron chi connectivity index (χ2n) is 6.67. The number of fused-ring (bicyclic) bond motifs is 1. The fraction of sp³-hybridized carbons (Fsp3) is 0.350. The van der Waals surface area contributed by atoms with Crippen LogP contribution in [-0.4, -0.2) is 38.0 Å². The zero-order valence-corrected chi connectivity index (χ0v) is 16.4. The molecule has 0 bridgehead atoms. The van der Waals surface area contributed by atoms with Crippen LogP contribution in [0.5, 0.6) is 5.75 Å². The Kier molecular flexibility index (Phi) is 5.82. The number of nitrogens with zero attached hydrogens (tertiary/aromatic N) is 1. The van der Waals surface area contributed by atoms with Crippen molar-refractivity contribution in [2.24, 2.45) is 0 Å². The van der Waals surface area contributed by atoms with E-state index < -0.39 is 10.0 Å². The standard InChI is InChI=1S/C20H24N2O4S/c1-15-7-8-19(26-2)18(13-15)21-20(23)10-12-27(24,25)22-11-9-16-5-3-4-6-17(16)14-22/h3-8,13H,9-12,14H2,1-2H3,(H,21,23). The second-order valence-corrected chi connectivity index (χ2v) is 8.76. The van der Waals surface area contributed by atoms with Crippen molar-refractivity contribution in [3.63, 3.8) is 0 Å². The van der Waals surface area contributed by atoms with E-state index in [1.165, 1.54) is 17.0 Å². The molecular weight excluding hydrogens is 364 g/mol. The van der Waals surface area contributed by atoms with Crippen LogP contribution in [0.15, 0.2) is 42.5 Å². The molecule has 2 aromatic rings. The summed E-state index contributed by atoms with van der Waals surface area (Å²) in [6.45, 7) is 2.73. The highest BCUT2D eigenvalue weighted by atomic mass is 32.2. The quantitative estimate of drug-likeness (QED) is 0.826. The highest BCUT2D eigenvalue weighted by Gasteiger charge is 2.27. The molecule has 0 aliphatic carbocycles. The summed E-state index contributed by atoms with van der Waals surface area (Å²) in [5, 5.41) is 2.75. The number of methoxy groups -OCH3 is 1. The third-order valence-electron chi connectivity index (χ3n) is 4.71. The molecule has 7 heteroatoms. The monoisotopic (exact) mass is 388 g/mol. The van der Waals surface area contributed by atoms with Crippen LogP contribution in [0.3, 0.4) is 0 Å². The van der Waals surface area contributed by atoms with Crippen LogP contribution in [-0.2, 0) is 27.8 Å². The Morgan fingerprint density at radius 3 is 2.67 bits per heavy atom. The van der Waals surface area contributed by atoms with E-state index in [0.717, 1.165) is 11.1 Å². The Morgan fingerprint density at radius 2 is 1.93 bits per heavy atom. The van der Waals surface area contributed by atoms with Crippen molar-refractivity contribution in [1.82, 2.24) is 4.31 Å². The maximum atomic E-state index is 12.7. The lowest BCUT2D eigenvalue weighted by Gasteiger charge is -2.28. The largest absolute Gasteiger partial charge is 0.495 e. The number of ether oxygens (including phenoxy) is 1. The average molecular weight is 388 g/mol. The van der Waals surface area contributed by atoms with Gasteiger partial charge in [0.2, 0.25) is 15.9 Å². The van der Waals surface area contributed by atoms with Crippen molar-refractivity contribution >= 4 is 21.6 Å². The van der Waals surface area contributed by atoms with Gasteiger partial charge in [0.25, 0.3) is 0 Å². The van der Waals surface area contributed by atoms with E-state index in [0.29, 0.717) is 30.9 Å². The van der Waals surface area contributed by atoms with Crippen molar-refractivity contribution in [2.45, 2.75) is 26.3 Å². The number of aryl methyl sites for hydroxylation is 1. The SMILES string of the molecule is COc1ccc(C)cc1NC(=O)CCS(=O)(=O)N1CCc2ccccc2C1. The summed E-state index contributed by atoms with van der Waals surface area (Å²) in [5.74, 6) is -0.0147. The molecule has 0 spiro atoms. The lowest BCUT2D eigenvalue weighted by atomic mass is 10.0. The van der Waals surface area contributed by atoms with Crippen molar-refractivity contribution in [3.8, 4) is 5.75 Å². The lowest BCUT2D eigenvalue weighted by Crippen LogP contribution is -2.38. The van der Waals surface area contributed by atoms with Crippen molar-refractivity contribution < 1.29 is 17.9 Å². The van der Waals surface area contributed by atoms with E-state index in [4.69, 9.17) is 4.74 Å². The van der Waals surface area contributed by atoms with Gasteiger partial charge in [-0.3, -0.25) is 4.79 Å². The van der Waals surface area contributed by atoms with Crippen molar-refractivity contribution in [2.75, 3.05) is 24.7 Å². The van der Waals surface area contributed by atoms with Crippen LogP contribution in [0, 0.1) is 6.92 Å². The van der Waals surface area contributed by atoms with Gasteiger partial charge in [0.05, 0.1) is 18.6 Å². The molecule has 3 rings (SSSR count). The predicted molar refractivity (Wildman–Crippen MR) is 105 cm³/mol. The van der Waals surface area contributed by atoms with Gasteiger partial charge in [-0.2, -0.15) is 4.31 Å². The minimum absolute atomic E-state index is 0.0996. The summed E-state index contributed by atoms with van der Waals surface area (Å²) in [4.78, 5) is 12.3. The third-order valence-corrected chi connectivity index (χ3v) is 6.52. The smallest absolute Gasteiger partial charge is 0.225 e. The van der Waals surface area contributed by atoms with Gasteiger partial charge in [0.15, 0.2) is 0 Å². The molecule has 1 amide bonds. The highest BCUT2D eigenvalue weighted by Crippen LogP contribution is 2.25. The van der Waals surface area contributed by atoms with Crippen LogP contribution >= 0.6 is 0 Å². The Hall–Kier alpha value is -2.38. The molecule has 0 atom stereocenters. The molecule has 0 saturated carbocycles. The van der Waals surface area contributed by atoms with E-state index in [2.05, 4.69) is 5.32 Å². The summed E-state index contributed by atoms with van der Waals surface area (Å²) >= 11 is 0. The molecule has 0 aromatic heterocycles. The third kappa shape index (κ3) is 4.67. The molecule has 1 aliphatic heterocycles. The van der Waals surface area contributed by atoms with Gasteiger partial charge in [0.1, 0.15) is 5.75 Å². The number of anilines is 1. The number of carbonyl (C=O) groups is 1. The maximum Gasteiger partial charge on any atom is 0.225 e. The van der Waals surface area contributed by atoms with Crippen LogP contribution in [0.4, 0.5) is 5.69 Å². The molecule has 6 nitrogen and oxygen atoms in total. The fourth-order valence-electron chi connectivity index (χ4n) is 3.19. The molecule has 2 aromatic carbocycles. The van der Waals surface area contributed by atoms with Gasteiger partial charge < -0.3 is 10.1 Å². The topological polar surface area (TPSA) is 75.7 Å². The number of hydrogen-bond acceptors (Lipinski definition) is 4.